The van der Waals surface area contributed by atoms with Gasteiger partial charge in [0.15, 0.2) is 0 Å². The lowest BCUT2D eigenvalue weighted by molar-refractivity contribution is 0.590. The van der Waals surface area contributed by atoms with E-state index in [1.54, 1.807) is 0 Å². The summed E-state index contributed by atoms with van der Waals surface area (Å²) >= 11 is 0. The van der Waals surface area contributed by atoms with Gasteiger partial charge in [0.2, 0.25) is 0 Å². The standard InChI is InChI=1S/C26H24/c1-26(2,3)22-15-7-14-21(18-22)24-17-9-13-20-12-8-16-23(25(20)24)19-10-5-4-6-11-19/h4-18H,1-3H3. The Morgan fingerprint density at radius 2 is 1.12 bits per heavy atom. The fourth-order valence-corrected chi connectivity index (χ4v) is 3.59. The monoisotopic (exact) mass is 336 g/mol. The third-order valence-electron chi connectivity index (χ3n) is 5.03. The van der Waals surface area contributed by atoms with Crippen molar-refractivity contribution in [3.05, 3.63) is 96.6 Å². The molecule has 0 spiro atoms. The van der Waals surface area contributed by atoms with Gasteiger partial charge in [-0.3, -0.25) is 0 Å². The van der Waals surface area contributed by atoms with Gasteiger partial charge in [0, 0.05) is 0 Å². The first-order chi connectivity index (χ1) is 12.5. The third-order valence-corrected chi connectivity index (χ3v) is 5.03. The van der Waals surface area contributed by atoms with E-state index in [1.807, 2.05) is 0 Å². The first-order valence-corrected chi connectivity index (χ1v) is 9.22. The van der Waals surface area contributed by atoms with Gasteiger partial charge < -0.3 is 0 Å². The number of hydrogen-bond acceptors (Lipinski definition) is 0. The van der Waals surface area contributed by atoms with E-state index in [9.17, 15) is 0 Å². The molecule has 0 heteroatoms. The average Bonchev–Trinajstić information content (AvgIpc) is 2.67. The molecule has 0 aromatic heterocycles. The van der Waals surface area contributed by atoms with Crippen LogP contribution in [0.25, 0.3) is 33.0 Å². The van der Waals surface area contributed by atoms with E-state index in [0.717, 1.165) is 0 Å². The molecule has 0 bridgehead atoms. The SMILES string of the molecule is CC(C)(C)c1cccc(-c2cccc3cccc(-c4ccccc4)c23)c1. The Kier molecular flexibility index (Phi) is 4.12. The Hall–Kier alpha value is -2.86. The van der Waals surface area contributed by atoms with Gasteiger partial charge in [-0.05, 0) is 44.0 Å². The maximum atomic E-state index is 2.34. The van der Waals surface area contributed by atoms with Crippen LogP contribution in [0.1, 0.15) is 26.3 Å². The molecule has 4 rings (SSSR count). The van der Waals surface area contributed by atoms with E-state index in [1.165, 1.54) is 38.6 Å². The van der Waals surface area contributed by atoms with Gasteiger partial charge in [-0.25, -0.2) is 0 Å². The molecule has 0 aliphatic carbocycles. The third kappa shape index (κ3) is 3.04. The lowest BCUT2D eigenvalue weighted by atomic mass is 9.84. The van der Waals surface area contributed by atoms with Gasteiger partial charge in [0.1, 0.15) is 0 Å². The topological polar surface area (TPSA) is 0 Å². The molecule has 0 aliphatic rings. The van der Waals surface area contributed by atoms with Crippen LogP contribution in [-0.2, 0) is 5.41 Å². The molecule has 0 N–H and O–H groups in total. The van der Waals surface area contributed by atoms with Crippen LogP contribution in [-0.4, -0.2) is 0 Å². The second kappa shape index (κ2) is 6.46. The highest BCUT2D eigenvalue weighted by Gasteiger charge is 2.15. The molecule has 0 fully saturated rings. The fourth-order valence-electron chi connectivity index (χ4n) is 3.59. The lowest BCUT2D eigenvalue weighted by Crippen LogP contribution is -2.10. The predicted octanol–water partition coefficient (Wildman–Crippen LogP) is 7.47. The predicted molar refractivity (Wildman–Crippen MR) is 114 cm³/mol. The van der Waals surface area contributed by atoms with E-state index >= 15 is 0 Å². The molecule has 4 aromatic rings. The van der Waals surface area contributed by atoms with E-state index in [4.69, 9.17) is 0 Å². The molecule has 0 unspecified atom stereocenters. The Balaban J connectivity index is 2.00. The molecule has 0 nitrogen and oxygen atoms in total. The van der Waals surface area contributed by atoms with Gasteiger partial charge in [0.05, 0.1) is 0 Å². The zero-order valence-electron chi connectivity index (χ0n) is 15.7. The first kappa shape index (κ1) is 16.6. The highest BCUT2D eigenvalue weighted by Crippen LogP contribution is 2.37. The van der Waals surface area contributed by atoms with Crippen molar-refractivity contribution in [2.24, 2.45) is 0 Å². The molecule has 0 saturated carbocycles. The van der Waals surface area contributed by atoms with Crippen molar-refractivity contribution in [2.75, 3.05) is 0 Å². The van der Waals surface area contributed by atoms with Gasteiger partial charge >= 0.3 is 0 Å². The molecule has 0 amide bonds. The molecule has 26 heavy (non-hydrogen) atoms. The number of fused-ring (bicyclic) bond motifs is 1. The van der Waals surface area contributed by atoms with E-state index < -0.39 is 0 Å². The smallest absolute Gasteiger partial charge is 0.00268 e. The average molecular weight is 336 g/mol. The lowest BCUT2D eigenvalue weighted by Gasteiger charge is -2.20. The van der Waals surface area contributed by atoms with Crippen LogP contribution in [0.2, 0.25) is 0 Å². The number of hydrogen-bond donors (Lipinski definition) is 0. The second-order valence-electron chi connectivity index (χ2n) is 7.91. The van der Waals surface area contributed by atoms with Gasteiger partial charge in [-0.2, -0.15) is 0 Å². The summed E-state index contributed by atoms with van der Waals surface area (Å²) in [5.74, 6) is 0. The van der Waals surface area contributed by atoms with Gasteiger partial charge in [-0.15, -0.1) is 0 Å². The van der Waals surface area contributed by atoms with Crippen molar-refractivity contribution in [2.45, 2.75) is 26.2 Å². The van der Waals surface area contributed by atoms with Crippen LogP contribution in [0.5, 0.6) is 0 Å². The minimum Gasteiger partial charge on any atom is -0.0622 e. The first-order valence-electron chi connectivity index (χ1n) is 9.22. The molecule has 128 valence electrons. The summed E-state index contributed by atoms with van der Waals surface area (Å²) in [4.78, 5) is 0. The number of benzene rings is 4. The summed E-state index contributed by atoms with van der Waals surface area (Å²) in [6, 6.07) is 32.9. The van der Waals surface area contributed by atoms with Crippen LogP contribution in [0.3, 0.4) is 0 Å². The zero-order chi connectivity index (χ0) is 18.1. The number of rotatable bonds is 2. The van der Waals surface area contributed by atoms with E-state index in [2.05, 4.69) is 112 Å². The molecular formula is C26H24. The summed E-state index contributed by atoms with van der Waals surface area (Å²) in [6.45, 7) is 6.81. The summed E-state index contributed by atoms with van der Waals surface area (Å²) in [7, 11) is 0. The molecule has 0 aliphatic heterocycles. The maximum absolute atomic E-state index is 2.34. The normalized spacial score (nSPS) is 11.7. The van der Waals surface area contributed by atoms with Crippen LogP contribution >= 0.6 is 0 Å². The molecule has 0 saturated heterocycles. The van der Waals surface area contributed by atoms with E-state index in [0.29, 0.717) is 0 Å². The minimum atomic E-state index is 0.142. The second-order valence-corrected chi connectivity index (χ2v) is 7.91. The van der Waals surface area contributed by atoms with Crippen LogP contribution in [0, 0.1) is 0 Å². The highest BCUT2D eigenvalue weighted by atomic mass is 14.2. The van der Waals surface area contributed by atoms with E-state index in [-0.39, 0.29) is 5.41 Å². The minimum absolute atomic E-state index is 0.142. The van der Waals surface area contributed by atoms with Crippen molar-refractivity contribution in [1.82, 2.24) is 0 Å². The van der Waals surface area contributed by atoms with Crippen molar-refractivity contribution in [3.63, 3.8) is 0 Å². The van der Waals surface area contributed by atoms with Crippen molar-refractivity contribution >= 4 is 10.8 Å². The van der Waals surface area contributed by atoms with Crippen molar-refractivity contribution in [3.8, 4) is 22.3 Å². The fraction of sp³-hybridized carbons (Fsp3) is 0.154. The Morgan fingerprint density at radius 1 is 0.538 bits per heavy atom. The Bertz CT molecular complexity index is 1040. The Labute approximate surface area is 156 Å². The molecular weight excluding hydrogens is 312 g/mol. The summed E-state index contributed by atoms with van der Waals surface area (Å²) in [6.07, 6.45) is 0. The Morgan fingerprint density at radius 3 is 1.77 bits per heavy atom. The maximum Gasteiger partial charge on any atom is -0.00268 e. The summed E-state index contributed by atoms with van der Waals surface area (Å²) in [5.41, 5.74) is 6.64. The zero-order valence-corrected chi connectivity index (χ0v) is 15.7. The van der Waals surface area contributed by atoms with Crippen LogP contribution in [0.15, 0.2) is 91.0 Å². The van der Waals surface area contributed by atoms with Gasteiger partial charge in [0.25, 0.3) is 0 Å². The van der Waals surface area contributed by atoms with Crippen molar-refractivity contribution in [1.29, 1.82) is 0 Å². The van der Waals surface area contributed by atoms with Crippen LogP contribution < -0.4 is 0 Å². The van der Waals surface area contributed by atoms with Crippen molar-refractivity contribution < 1.29 is 0 Å². The quantitative estimate of drug-likeness (QED) is 0.356. The summed E-state index contributed by atoms with van der Waals surface area (Å²) in [5, 5.41) is 2.61. The molecule has 0 heterocycles. The van der Waals surface area contributed by atoms with Crippen LogP contribution in [0.4, 0.5) is 0 Å². The largest absolute Gasteiger partial charge is 0.0622 e. The molecule has 0 atom stereocenters. The van der Waals surface area contributed by atoms with Gasteiger partial charge in [-0.1, -0.05) is 112 Å². The summed E-state index contributed by atoms with van der Waals surface area (Å²) < 4.78 is 0. The molecule has 4 aromatic carbocycles. The molecule has 0 radical (unpaired) electrons. The highest BCUT2D eigenvalue weighted by molar-refractivity contribution is 6.06.